The van der Waals surface area contributed by atoms with E-state index in [1.165, 1.54) is 25.5 Å². The zero-order valence-corrected chi connectivity index (χ0v) is 10.4. The van der Waals surface area contributed by atoms with Gasteiger partial charge in [-0.25, -0.2) is 4.79 Å². The van der Waals surface area contributed by atoms with E-state index in [4.69, 9.17) is 6.15 Å². The van der Waals surface area contributed by atoms with E-state index in [1.807, 2.05) is 0 Å². The van der Waals surface area contributed by atoms with Gasteiger partial charge in [0, 0.05) is 19.3 Å². The van der Waals surface area contributed by atoms with Gasteiger partial charge in [0.2, 0.25) is 5.88 Å². The van der Waals surface area contributed by atoms with Crippen molar-refractivity contribution in [3.63, 3.8) is 0 Å². The minimum atomic E-state index is -0.403. The van der Waals surface area contributed by atoms with Gasteiger partial charge in [-0.05, 0) is 16.5 Å². The highest BCUT2D eigenvalue weighted by atomic mass is 16.5. The van der Waals surface area contributed by atoms with Gasteiger partial charge in [-0.3, -0.25) is 5.09 Å². The number of aryl methyl sites for hydroxylation is 1. The number of tetrazole rings is 1. The van der Waals surface area contributed by atoms with Crippen molar-refractivity contribution >= 4 is 0 Å². The molecule has 102 valence electrons. The molecular weight excluding hydrogens is 264 g/mol. The molecule has 3 aromatic heterocycles. The van der Waals surface area contributed by atoms with Crippen LogP contribution < -0.4 is 10.4 Å². The number of aromatic amines is 1. The molecule has 0 spiro atoms. The quantitative estimate of drug-likeness (QED) is 0.653. The molecule has 3 aromatic rings. The molecule has 0 aliphatic heterocycles. The molecule has 10 heteroatoms. The summed E-state index contributed by atoms with van der Waals surface area (Å²) in [5.74, 6) is 0.271. The first-order valence-corrected chi connectivity index (χ1v) is 5.63. The maximum Gasteiger partial charge on any atom is 0.368 e. The summed E-state index contributed by atoms with van der Waals surface area (Å²) in [5, 5.41) is 19.7. The van der Waals surface area contributed by atoms with E-state index >= 15 is 0 Å². The lowest BCUT2D eigenvalue weighted by Crippen LogP contribution is -2.23. The van der Waals surface area contributed by atoms with Crippen LogP contribution in [0.15, 0.2) is 29.3 Å². The van der Waals surface area contributed by atoms with Crippen LogP contribution in [0.3, 0.4) is 0 Å². The van der Waals surface area contributed by atoms with Crippen LogP contribution >= 0.6 is 0 Å². The van der Waals surface area contributed by atoms with Crippen molar-refractivity contribution in [2.75, 3.05) is 0 Å². The molecule has 0 saturated heterocycles. The first-order valence-electron chi connectivity index (χ1n) is 6.07. The molecule has 0 fully saturated rings. The van der Waals surface area contributed by atoms with Crippen molar-refractivity contribution in [1.29, 1.82) is 0 Å². The lowest BCUT2D eigenvalue weighted by atomic mass is 10.3. The molecule has 0 bridgehead atoms. The largest absolute Gasteiger partial charge is 0.470 e. The molecule has 1 N–H and O–H groups in total. The third kappa shape index (κ3) is 2.13. The number of rotatable bonds is 4. The molecule has 3 rings (SSSR count). The van der Waals surface area contributed by atoms with Crippen molar-refractivity contribution < 1.29 is 6.15 Å². The van der Waals surface area contributed by atoms with E-state index in [-0.39, 0.29) is 12.5 Å². The van der Waals surface area contributed by atoms with Crippen LogP contribution in [-0.4, -0.2) is 40.2 Å². The Morgan fingerprint density at radius 3 is 3.05 bits per heavy atom. The third-order valence-corrected chi connectivity index (χ3v) is 2.52. The molecular formula is C10H10N8O2. The van der Waals surface area contributed by atoms with Crippen molar-refractivity contribution in [3.05, 3.63) is 40.7 Å². The minimum Gasteiger partial charge on any atom is -0.470 e. The molecule has 0 aliphatic carbocycles. The summed E-state index contributed by atoms with van der Waals surface area (Å²) in [6.07, 6.45) is 2.87. The van der Waals surface area contributed by atoms with E-state index in [0.717, 1.165) is 14.5 Å². The van der Waals surface area contributed by atoms with E-state index in [0.29, 0.717) is 11.4 Å². The van der Waals surface area contributed by atoms with Crippen LogP contribution in [0.1, 0.15) is 5.69 Å². The fraction of sp³-hybridized carbons (Fsp3) is 0.200. The lowest BCUT2D eigenvalue weighted by molar-refractivity contribution is 0.286. The highest BCUT2D eigenvalue weighted by Gasteiger charge is 2.13. The van der Waals surface area contributed by atoms with Crippen molar-refractivity contribution in [1.82, 2.24) is 40.2 Å². The fourth-order valence-electron chi connectivity index (χ4n) is 1.55. The molecule has 10 nitrogen and oxygen atoms in total. The second-order valence-corrected chi connectivity index (χ2v) is 3.82. The highest BCUT2D eigenvalue weighted by Crippen LogP contribution is 2.11. The van der Waals surface area contributed by atoms with Gasteiger partial charge < -0.3 is 4.74 Å². The molecule has 20 heavy (non-hydrogen) atoms. The molecule has 0 unspecified atom stereocenters. The minimum absolute atomic E-state index is 0.0310. The molecule has 3 heterocycles. The second-order valence-electron chi connectivity index (χ2n) is 3.82. The van der Waals surface area contributed by atoms with E-state index in [1.54, 1.807) is 6.07 Å². The normalized spacial score (nSPS) is 11.3. The second kappa shape index (κ2) is 4.91. The number of nitrogens with one attached hydrogen (secondary N) is 1. The van der Waals surface area contributed by atoms with E-state index in [2.05, 4.69) is 25.7 Å². The van der Waals surface area contributed by atoms with Gasteiger partial charge in [0.1, 0.15) is 18.0 Å². The molecule has 0 saturated carbocycles. The van der Waals surface area contributed by atoms with Crippen molar-refractivity contribution in [2.24, 2.45) is 7.05 Å². The Hall–Kier alpha value is -3.04. The van der Waals surface area contributed by atoms with Gasteiger partial charge in [-0.15, -0.1) is 10.2 Å². The monoisotopic (exact) mass is 276 g/mol. The Balaban J connectivity index is 1.89. The van der Waals surface area contributed by atoms with Gasteiger partial charge in [0.15, 0.2) is 1.41 Å². The lowest BCUT2D eigenvalue weighted by Gasteiger charge is -2.06. The number of nitrogens with zero attached hydrogens (tertiary/aromatic N) is 7. The summed E-state index contributed by atoms with van der Waals surface area (Å²) < 4.78 is 14.8. The number of H-pyrrole nitrogens is 1. The number of aromatic nitrogens is 8. The molecule has 0 amide bonds. The zero-order chi connectivity index (χ0) is 14.8. The average molecular weight is 276 g/mol. The first-order chi connectivity index (χ1) is 10.1. The summed E-state index contributed by atoms with van der Waals surface area (Å²) in [4.78, 5) is 11.9. The van der Waals surface area contributed by atoms with Gasteiger partial charge in [-0.2, -0.15) is 14.5 Å². The van der Waals surface area contributed by atoms with Gasteiger partial charge in [0.25, 0.3) is 0 Å². The standard InChI is InChI=1S/C10H10N8O2/c1-17-10(19)18(16-15-17)8-2-4-11-13-7(8)6-20-9-3-5-12-14-9/h2-5H,6H2,1H3,(H,12,14)/i/hT. The molecule has 0 aromatic carbocycles. The van der Waals surface area contributed by atoms with Crippen LogP contribution in [-0.2, 0) is 13.7 Å². The summed E-state index contributed by atoms with van der Waals surface area (Å²) in [6.45, 7) is 0.0310. The van der Waals surface area contributed by atoms with Gasteiger partial charge >= 0.3 is 5.69 Å². The van der Waals surface area contributed by atoms with E-state index in [9.17, 15) is 4.79 Å². The van der Waals surface area contributed by atoms with Crippen LogP contribution in [0.2, 0.25) is 1.41 Å². The Morgan fingerprint density at radius 2 is 2.35 bits per heavy atom. The topological polar surface area (TPSA) is 116 Å². The van der Waals surface area contributed by atoms with E-state index < -0.39 is 5.69 Å². The molecule has 0 radical (unpaired) electrons. The number of hydrogen-bond acceptors (Lipinski definition) is 7. The van der Waals surface area contributed by atoms with Crippen molar-refractivity contribution in [3.8, 4) is 11.6 Å². The zero-order valence-electron chi connectivity index (χ0n) is 11.4. The van der Waals surface area contributed by atoms with Crippen LogP contribution in [0.5, 0.6) is 5.88 Å². The van der Waals surface area contributed by atoms with Crippen LogP contribution in [0.25, 0.3) is 5.69 Å². The predicted octanol–water partition coefficient (Wildman–Crippen LogP) is -0.942. The Bertz CT molecular complexity index is 822. The number of hydrogen-bond donors (Lipinski definition) is 1. The molecule has 0 atom stereocenters. The highest BCUT2D eigenvalue weighted by molar-refractivity contribution is 5.32. The van der Waals surface area contributed by atoms with Crippen LogP contribution in [0.4, 0.5) is 0 Å². The Labute approximate surface area is 113 Å². The summed E-state index contributed by atoms with van der Waals surface area (Å²) >= 11 is 0. The summed E-state index contributed by atoms with van der Waals surface area (Å²) in [6, 6.07) is 3.13. The maximum atomic E-state index is 11.9. The fourth-order valence-corrected chi connectivity index (χ4v) is 1.55. The first kappa shape index (κ1) is 10.8. The Morgan fingerprint density at radius 1 is 1.45 bits per heavy atom. The summed E-state index contributed by atoms with van der Waals surface area (Å²) in [7, 11) is 1.50. The van der Waals surface area contributed by atoms with Gasteiger partial charge in [-0.1, -0.05) is 0 Å². The third-order valence-electron chi connectivity index (χ3n) is 2.52. The predicted molar refractivity (Wildman–Crippen MR) is 65.1 cm³/mol. The number of ether oxygens (including phenoxy) is 1. The van der Waals surface area contributed by atoms with Crippen LogP contribution in [0, 0.1) is 0 Å². The summed E-state index contributed by atoms with van der Waals surface area (Å²) in [5.41, 5.74) is 0.424. The maximum absolute atomic E-state index is 11.9. The van der Waals surface area contributed by atoms with Gasteiger partial charge in [0.05, 0.1) is 6.20 Å². The smallest absolute Gasteiger partial charge is 0.368 e. The average Bonchev–Trinajstić information content (AvgIpc) is 3.04. The SMILES string of the molecule is [3H]n1ccc(OCc2nnccc2-n2nnn(C)c2=O)n1. The van der Waals surface area contributed by atoms with Crippen molar-refractivity contribution in [2.45, 2.75) is 6.61 Å². The molecule has 0 aliphatic rings. The Kier molecular flexibility index (Phi) is 2.66.